The fourth-order valence-corrected chi connectivity index (χ4v) is 2.42. The van der Waals surface area contributed by atoms with Gasteiger partial charge in [-0.1, -0.05) is 31.5 Å². The van der Waals surface area contributed by atoms with Gasteiger partial charge >= 0.3 is 0 Å². The van der Waals surface area contributed by atoms with Crippen molar-refractivity contribution in [2.24, 2.45) is 0 Å². The Balaban J connectivity index is 1.85. The van der Waals surface area contributed by atoms with Gasteiger partial charge in [-0.25, -0.2) is 4.68 Å². The van der Waals surface area contributed by atoms with Crippen LogP contribution < -0.4 is 5.32 Å². The fraction of sp³-hybridized carbons (Fsp3) is 0.412. The van der Waals surface area contributed by atoms with Gasteiger partial charge in [0.05, 0.1) is 5.69 Å². The van der Waals surface area contributed by atoms with Crippen molar-refractivity contribution in [1.29, 1.82) is 0 Å². The van der Waals surface area contributed by atoms with Crippen LogP contribution in [0.5, 0.6) is 0 Å². The van der Waals surface area contributed by atoms with Crippen molar-refractivity contribution in [3.8, 4) is 5.69 Å². The number of benzene rings is 1. The molecule has 0 unspecified atom stereocenters. The van der Waals surface area contributed by atoms with Crippen LogP contribution in [-0.4, -0.2) is 22.2 Å². The molecular formula is C17H21N3O. The highest BCUT2D eigenvalue weighted by Crippen LogP contribution is 2.41. The van der Waals surface area contributed by atoms with Gasteiger partial charge in [-0.3, -0.25) is 4.79 Å². The Hall–Kier alpha value is -2.10. The van der Waals surface area contributed by atoms with Crippen molar-refractivity contribution in [3.05, 3.63) is 47.8 Å². The van der Waals surface area contributed by atoms with Gasteiger partial charge in [-0.15, -0.1) is 0 Å². The molecule has 21 heavy (non-hydrogen) atoms. The Bertz CT molecular complexity index is 614. The third-order valence-corrected chi connectivity index (χ3v) is 3.78. The molecule has 1 saturated carbocycles. The average Bonchev–Trinajstić information content (AvgIpc) is 3.27. The summed E-state index contributed by atoms with van der Waals surface area (Å²) in [4.78, 5) is 12.2. The quantitative estimate of drug-likeness (QED) is 0.827. The molecule has 1 amide bonds. The van der Waals surface area contributed by atoms with Gasteiger partial charge in [0.25, 0.3) is 5.91 Å². The number of rotatable bonds is 6. The molecule has 0 spiro atoms. The highest BCUT2D eigenvalue weighted by Gasteiger charge is 2.29. The molecule has 3 rings (SSSR count). The number of hydrogen-bond donors (Lipinski definition) is 1. The topological polar surface area (TPSA) is 46.9 Å². The Morgan fingerprint density at radius 2 is 2.10 bits per heavy atom. The third-order valence-electron chi connectivity index (χ3n) is 3.78. The molecule has 1 aromatic carbocycles. The first-order chi connectivity index (χ1) is 10.3. The normalized spacial score (nSPS) is 14.1. The lowest BCUT2D eigenvalue weighted by molar-refractivity contribution is 0.0948. The van der Waals surface area contributed by atoms with Gasteiger partial charge in [-0.2, -0.15) is 5.10 Å². The van der Waals surface area contributed by atoms with Crippen LogP contribution >= 0.6 is 0 Å². The van der Waals surface area contributed by atoms with Crippen molar-refractivity contribution in [2.45, 2.75) is 38.5 Å². The maximum Gasteiger partial charge on any atom is 0.271 e. The fourth-order valence-electron chi connectivity index (χ4n) is 2.42. The molecule has 1 heterocycles. The molecule has 1 N–H and O–H groups in total. The Kier molecular flexibility index (Phi) is 4.04. The highest BCUT2D eigenvalue weighted by molar-refractivity contribution is 5.92. The Labute approximate surface area is 125 Å². The molecule has 110 valence electrons. The van der Waals surface area contributed by atoms with E-state index in [1.807, 2.05) is 41.1 Å². The molecule has 0 bridgehead atoms. The van der Waals surface area contributed by atoms with Gasteiger partial charge in [0.15, 0.2) is 5.69 Å². The van der Waals surface area contributed by atoms with Crippen molar-refractivity contribution >= 4 is 5.91 Å². The van der Waals surface area contributed by atoms with Gasteiger partial charge in [0, 0.05) is 18.2 Å². The van der Waals surface area contributed by atoms with E-state index in [2.05, 4.69) is 17.3 Å². The number of nitrogens with zero attached hydrogens (tertiary/aromatic N) is 2. The predicted molar refractivity (Wildman–Crippen MR) is 82.8 cm³/mol. The van der Waals surface area contributed by atoms with E-state index < -0.39 is 0 Å². The number of nitrogens with one attached hydrogen (secondary N) is 1. The molecular weight excluding hydrogens is 262 g/mol. The van der Waals surface area contributed by atoms with E-state index >= 15 is 0 Å². The summed E-state index contributed by atoms with van der Waals surface area (Å²) in [6.45, 7) is 2.83. The van der Waals surface area contributed by atoms with E-state index in [4.69, 9.17) is 0 Å². The third kappa shape index (κ3) is 3.15. The van der Waals surface area contributed by atoms with Crippen LogP contribution in [0.3, 0.4) is 0 Å². The van der Waals surface area contributed by atoms with Crippen molar-refractivity contribution in [2.75, 3.05) is 6.54 Å². The first-order valence-corrected chi connectivity index (χ1v) is 7.73. The standard InChI is InChI=1S/C17H21N3O/c1-2-3-11-18-17(21)15-12-16(13-9-10-13)20(19-15)14-7-5-4-6-8-14/h4-8,12-13H,2-3,9-11H2,1H3,(H,18,21). The Morgan fingerprint density at radius 1 is 1.33 bits per heavy atom. The summed E-state index contributed by atoms with van der Waals surface area (Å²) in [6, 6.07) is 12.0. The number of hydrogen-bond acceptors (Lipinski definition) is 2. The molecule has 0 radical (unpaired) electrons. The van der Waals surface area contributed by atoms with Crippen LogP contribution in [0, 0.1) is 0 Å². The van der Waals surface area contributed by atoms with E-state index in [1.165, 1.54) is 12.8 Å². The smallest absolute Gasteiger partial charge is 0.271 e. The van der Waals surface area contributed by atoms with Crippen molar-refractivity contribution in [1.82, 2.24) is 15.1 Å². The largest absolute Gasteiger partial charge is 0.351 e. The summed E-state index contributed by atoms with van der Waals surface area (Å²) in [7, 11) is 0. The second kappa shape index (κ2) is 6.12. The summed E-state index contributed by atoms with van der Waals surface area (Å²) in [6.07, 6.45) is 4.46. The number of carbonyl (C=O) groups excluding carboxylic acids is 1. The lowest BCUT2D eigenvalue weighted by atomic mass is 10.2. The van der Waals surface area contributed by atoms with Crippen LogP contribution in [0.2, 0.25) is 0 Å². The minimum absolute atomic E-state index is 0.0694. The molecule has 4 heteroatoms. The van der Waals surface area contributed by atoms with Gasteiger partial charge < -0.3 is 5.32 Å². The lowest BCUT2D eigenvalue weighted by Crippen LogP contribution is -2.24. The molecule has 0 saturated heterocycles. The number of carbonyl (C=O) groups is 1. The van der Waals surface area contributed by atoms with Crippen LogP contribution in [0.15, 0.2) is 36.4 Å². The summed E-state index contributed by atoms with van der Waals surface area (Å²) >= 11 is 0. The Morgan fingerprint density at radius 3 is 2.76 bits per heavy atom. The average molecular weight is 283 g/mol. The van der Waals surface area contributed by atoms with Gasteiger partial charge in [0.2, 0.25) is 0 Å². The van der Waals surface area contributed by atoms with Crippen molar-refractivity contribution < 1.29 is 4.79 Å². The van der Waals surface area contributed by atoms with Gasteiger partial charge in [-0.05, 0) is 37.5 Å². The van der Waals surface area contributed by atoms with Crippen LogP contribution in [0.25, 0.3) is 5.69 Å². The van der Waals surface area contributed by atoms with E-state index in [0.717, 1.165) is 24.2 Å². The lowest BCUT2D eigenvalue weighted by Gasteiger charge is -2.05. The van der Waals surface area contributed by atoms with Crippen molar-refractivity contribution in [3.63, 3.8) is 0 Å². The van der Waals surface area contributed by atoms with E-state index in [9.17, 15) is 4.79 Å². The predicted octanol–water partition coefficient (Wildman–Crippen LogP) is 3.28. The number of amides is 1. The summed E-state index contributed by atoms with van der Waals surface area (Å²) in [5.74, 6) is 0.481. The number of aromatic nitrogens is 2. The summed E-state index contributed by atoms with van der Waals surface area (Å²) in [5.41, 5.74) is 2.70. The molecule has 1 aliphatic carbocycles. The van der Waals surface area contributed by atoms with Crippen LogP contribution in [0.4, 0.5) is 0 Å². The summed E-state index contributed by atoms with van der Waals surface area (Å²) < 4.78 is 1.92. The summed E-state index contributed by atoms with van der Waals surface area (Å²) in [5, 5.41) is 7.46. The minimum atomic E-state index is -0.0694. The van der Waals surface area contributed by atoms with Crippen LogP contribution in [-0.2, 0) is 0 Å². The first kappa shape index (κ1) is 13.9. The number of para-hydroxylation sites is 1. The van der Waals surface area contributed by atoms with E-state index in [0.29, 0.717) is 18.2 Å². The maximum absolute atomic E-state index is 12.2. The highest BCUT2D eigenvalue weighted by atomic mass is 16.1. The molecule has 1 aliphatic rings. The monoisotopic (exact) mass is 283 g/mol. The molecule has 1 fully saturated rings. The second-order valence-electron chi connectivity index (χ2n) is 5.59. The SMILES string of the molecule is CCCCNC(=O)c1cc(C2CC2)n(-c2ccccc2)n1. The van der Waals surface area contributed by atoms with Crippen LogP contribution in [0.1, 0.15) is 54.7 Å². The maximum atomic E-state index is 12.2. The molecule has 2 aromatic rings. The molecule has 4 nitrogen and oxygen atoms in total. The van der Waals surface area contributed by atoms with E-state index in [-0.39, 0.29) is 5.91 Å². The zero-order valence-corrected chi connectivity index (χ0v) is 12.4. The molecule has 1 aromatic heterocycles. The number of unbranched alkanes of at least 4 members (excludes halogenated alkanes) is 1. The van der Waals surface area contributed by atoms with Gasteiger partial charge in [0.1, 0.15) is 0 Å². The molecule has 0 aliphatic heterocycles. The molecule has 0 atom stereocenters. The second-order valence-corrected chi connectivity index (χ2v) is 5.59. The first-order valence-electron chi connectivity index (χ1n) is 7.73. The minimum Gasteiger partial charge on any atom is -0.351 e. The van der Waals surface area contributed by atoms with E-state index in [1.54, 1.807) is 0 Å². The zero-order valence-electron chi connectivity index (χ0n) is 12.4. The zero-order chi connectivity index (χ0) is 14.7.